The summed E-state index contributed by atoms with van der Waals surface area (Å²) in [6, 6.07) is 62.1. The van der Waals surface area contributed by atoms with E-state index in [2.05, 4.69) is 117 Å². The maximum absolute atomic E-state index is 11.1. The van der Waals surface area contributed by atoms with Gasteiger partial charge in [0.15, 0.2) is 0 Å². The predicted molar refractivity (Wildman–Crippen MR) is 228 cm³/mol. The highest BCUT2D eigenvalue weighted by atomic mass is 16.3. The second-order valence-corrected chi connectivity index (χ2v) is 13.9. The monoisotopic (exact) mass is 715 g/mol. The molecule has 0 fully saturated rings. The van der Waals surface area contributed by atoms with Gasteiger partial charge in [0.2, 0.25) is 5.69 Å². The topological polar surface area (TPSA) is 54.4 Å². The van der Waals surface area contributed by atoms with Crippen LogP contribution in [0, 0.1) is 17.9 Å². The second kappa shape index (κ2) is 12.2. The van der Waals surface area contributed by atoms with E-state index in [4.69, 9.17) is 11.0 Å². The summed E-state index contributed by atoms with van der Waals surface area (Å²) in [7, 11) is 0. The van der Waals surface area contributed by atoms with Crippen molar-refractivity contribution in [1.82, 2.24) is 9.13 Å². The van der Waals surface area contributed by atoms with Crippen LogP contribution in [0.2, 0.25) is 0 Å². The molecule has 11 aromatic rings. The van der Waals surface area contributed by atoms with Crippen LogP contribution in [0.25, 0.3) is 81.8 Å². The van der Waals surface area contributed by atoms with Gasteiger partial charge in [0.05, 0.1) is 51.0 Å². The molecule has 56 heavy (non-hydrogen) atoms. The fraction of sp³-hybridized carbons (Fsp3) is 0. The van der Waals surface area contributed by atoms with Gasteiger partial charge in [0.25, 0.3) is 0 Å². The molecule has 0 amide bonds. The standard InChI is InChI=1S/C50H29N5O/c1-52-41-27-29-45(55-42-21-11-8-18-35(42)36-19-9-12-22-43(36)55)40(31-51)49(41)53(32-14-4-2-5-15-32)34-24-25-37-38-26-28-46-48(50(38)56-47(37)30-34)39-20-10-13-23-44(39)54(46)33-16-6-3-7-17-33/h2-30H. The number of aromatic nitrogens is 2. The average molecular weight is 716 g/mol. The highest BCUT2D eigenvalue weighted by Crippen LogP contribution is 2.48. The Hall–Kier alpha value is -8.06. The molecule has 0 aliphatic rings. The Bertz CT molecular complexity index is 3400. The molecule has 0 unspecified atom stereocenters. The first-order chi connectivity index (χ1) is 27.7. The van der Waals surface area contributed by atoms with Crippen molar-refractivity contribution in [2.24, 2.45) is 0 Å². The number of nitriles is 1. The van der Waals surface area contributed by atoms with Crippen molar-refractivity contribution in [2.45, 2.75) is 0 Å². The summed E-state index contributed by atoms with van der Waals surface area (Å²) in [6.07, 6.45) is 0. The molecule has 3 heterocycles. The van der Waals surface area contributed by atoms with E-state index < -0.39 is 0 Å². The minimum absolute atomic E-state index is 0.370. The summed E-state index contributed by atoms with van der Waals surface area (Å²) in [6.45, 7) is 8.35. The van der Waals surface area contributed by atoms with E-state index in [1.165, 1.54) is 0 Å². The van der Waals surface area contributed by atoms with Gasteiger partial charge >= 0.3 is 0 Å². The number of hydrogen-bond donors (Lipinski definition) is 0. The van der Waals surface area contributed by atoms with Crippen LogP contribution in [0.3, 0.4) is 0 Å². The summed E-state index contributed by atoms with van der Waals surface area (Å²) < 4.78 is 11.3. The molecule has 0 spiro atoms. The van der Waals surface area contributed by atoms with E-state index in [0.717, 1.165) is 77.0 Å². The molecule has 6 heteroatoms. The third-order valence-corrected chi connectivity index (χ3v) is 11.0. The predicted octanol–water partition coefficient (Wildman–Crippen LogP) is 13.7. The molecule has 3 aromatic heterocycles. The number of fused-ring (bicyclic) bond motifs is 10. The van der Waals surface area contributed by atoms with Crippen LogP contribution in [0.5, 0.6) is 0 Å². The van der Waals surface area contributed by atoms with Gasteiger partial charge in [-0.2, -0.15) is 5.26 Å². The number of nitrogens with zero attached hydrogens (tertiary/aromatic N) is 5. The van der Waals surface area contributed by atoms with Gasteiger partial charge in [-0.1, -0.05) is 97.1 Å². The Labute approximate surface area is 321 Å². The molecular weight excluding hydrogens is 687 g/mol. The van der Waals surface area contributed by atoms with Crippen LogP contribution in [-0.4, -0.2) is 9.13 Å². The number of rotatable bonds is 5. The number of furan rings is 1. The lowest BCUT2D eigenvalue weighted by Gasteiger charge is -2.28. The second-order valence-electron chi connectivity index (χ2n) is 13.9. The lowest BCUT2D eigenvalue weighted by atomic mass is 10.0. The maximum Gasteiger partial charge on any atom is 0.212 e. The van der Waals surface area contributed by atoms with Gasteiger partial charge in [0, 0.05) is 50.1 Å². The quantitative estimate of drug-likeness (QED) is 0.167. The fourth-order valence-electron chi connectivity index (χ4n) is 8.62. The molecule has 8 aromatic carbocycles. The molecule has 0 aliphatic heterocycles. The van der Waals surface area contributed by atoms with E-state index in [-0.39, 0.29) is 0 Å². The number of anilines is 3. The Balaban J connectivity index is 1.17. The number of hydrogen-bond acceptors (Lipinski definition) is 3. The molecule has 0 saturated carbocycles. The molecule has 11 rings (SSSR count). The first-order valence-corrected chi connectivity index (χ1v) is 18.5. The Morgan fingerprint density at radius 2 is 1.14 bits per heavy atom. The van der Waals surface area contributed by atoms with Crippen LogP contribution < -0.4 is 4.90 Å². The van der Waals surface area contributed by atoms with Gasteiger partial charge in [-0.15, -0.1) is 0 Å². The van der Waals surface area contributed by atoms with E-state index >= 15 is 0 Å². The van der Waals surface area contributed by atoms with Crippen LogP contribution in [0.4, 0.5) is 22.7 Å². The minimum atomic E-state index is 0.370. The first kappa shape index (κ1) is 31.5. The van der Waals surface area contributed by atoms with Crippen molar-refractivity contribution < 1.29 is 4.42 Å². The van der Waals surface area contributed by atoms with Crippen molar-refractivity contribution in [3.63, 3.8) is 0 Å². The molecule has 0 atom stereocenters. The van der Waals surface area contributed by atoms with Crippen molar-refractivity contribution in [2.75, 3.05) is 4.90 Å². The lowest BCUT2D eigenvalue weighted by molar-refractivity contribution is 0.673. The highest BCUT2D eigenvalue weighted by molar-refractivity contribution is 6.24. The van der Waals surface area contributed by atoms with Gasteiger partial charge in [-0.05, 0) is 72.8 Å². The summed E-state index contributed by atoms with van der Waals surface area (Å²) in [5.41, 5.74) is 10.3. The largest absolute Gasteiger partial charge is 0.455 e. The summed E-state index contributed by atoms with van der Waals surface area (Å²) in [5, 5.41) is 17.5. The molecule has 0 radical (unpaired) electrons. The van der Waals surface area contributed by atoms with Crippen LogP contribution in [0.1, 0.15) is 5.56 Å². The van der Waals surface area contributed by atoms with E-state index in [9.17, 15) is 5.26 Å². The molecule has 260 valence electrons. The average Bonchev–Trinajstić information content (AvgIpc) is 3.92. The number of benzene rings is 8. The molecule has 0 bridgehead atoms. The zero-order valence-electron chi connectivity index (χ0n) is 29.9. The Morgan fingerprint density at radius 3 is 1.82 bits per heavy atom. The van der Waals surface area contributed by atoms with Crippen molar-refractivity contribution >= 4 is 88.3 Å². The third kappa shape index (κ3) is 4.48. The minimum Gasteiger partial charge on any atom is -0.455 e. The number of para-hydroxylation sites is 5. The summed E-state index contributed by atoms with van der Waals surface area (Å²) >= 11 is 0. The highest BCUT2D eigenvalue weighted by Gasteiger charge is 2.26. The van der Waals surface area contributed by atoms with Crippen LogP contribution >= 0.6 is 0 Å². The first-order valence-electron chi connectivity index (χ1n) is 18.5. The SMILES string of the molecule is [C-]#[N+]c1ccc(-n2c3ccccc3c3ccccc32)c(C#N)c1N(c1ccccc1)c1ccc2c(c1)oc1c2ccc2c1c1ccccc1n2-c1ccccc1. The van der Waals surface area contributed by atoms with E-state index in [1.807, 2.05) is 83.8 Å². The summed E-state index contributed by atoms with van der Waals surface area (Å²) in [4.78, 5) is 6.03. The van der Waals surface area contributed by atoms with Crippen LogP contribution in [0.15, 0.2) is 180 Å². The molecule has 6 nitrogen and oxygen atoms in total. The van der Waals surface area contributed by atoms with Gasteiger partial charge in [0.1, 0.15) is 17.2 Å². The van der Waals surface area contributed by atoms with E-state index in [0.29, 0.717) is 28.2 Å². The Kier molecular flexibility index (Phi) is 6.88. The molecule has 0 saturated heterocycles. The zero-order chi connectivity index (χ0) is 37.3. The van der Waals surface area contributed by atoms with Crippen molar-refractivity contribution in [1.29, 1.82) is 5.26 Å². The zero-order valence-corrected chi connectivity index (χ0v) is 29.9. The fourth-order valence-corrected chi connectivity index (χ4v) is 8.62. The molecule has 0 N–H and O–H groups in total. The summed E-state index contributed by atoms with van der Waals surface area (Å²) in [5.74, 6) is 0. The normalized spacial score (nSPS) is 11.5. The van der Waals surface area contributed by atoms with Gasteiger partial charge in [-0.25, -0.2) is 4.85 Å². The van der Waals surface area contributed by atoms with Crippen LogP contribution in [-0.2, 0) is 0 Å². The molecule has 0 aliphatic carbocycles. The van der Waals surface area contributed by atoms with E-state index in [1.54, 1.807) is 0 Å². The van der Waals surface area contributed by atoms with Crippen molar-refractivity contribution in [3.8, 4) is 17.4 Å². The third-order valence-electron chi connectivity index (χ3n) is 11.0. The van der Waals surface area contributed by atoms with Gasteiger partial charge in [-0.3, -0.25) is 0 Å². The lowest BCUT2D eigenvalue weighted by Crippen LogP contribution is -2.13. The Morgan fingerprint density at radius 1 is 0.536 bits per heavy atom. The maximum atomic E-state index is 11.1. The molecular formula is C50H29N5O. The van der Waals surface area contributed by atoms with Gasteiger partial charge < -0.3 is 18.5 Å². The van der Waals surface area contributed by atoms with Crippen molar-refractivity contribution in [3.05, 3.63) is 193 Å². The smallest absolute Gasteiger partial charge is 0.212 e.